The first kappa shape index (κ1) is 15.1. The summed E-state index contributed by atoms with van der Waals surface area (Å²) in [6.45, 7) is 3.12. The molecule has 5 nitrogen and oxygen atoms in total. The van der Waals surface area contributed by atoms with Crippen LogP contribution < -0.4 is 10.6 Å². The summed E-state index contributed by atoms with van der Waals surface area (Å²) in [5.74, 6) is 0.546. The van der Waals surface area contributed by atoms with Gasteiger partial charge in [0.05, 0.1) is 5.41 Å². The van der Waals surface area contributed by atoms with Crippen molar-refractivity contribution in [1.82, 2.24) is 10.6 Å². The Kier molecular flexibility index (Phi) is 4.89. The Labute approximate surface area is 120 Å². The van der Waals surface area contributed by atoms with Crippen molar-refractivity contribution in [2.24, 2.45) is 17.3 Å². The van der Waals surface area contributed by atoms with Crippen LogP contribution in [0.4, 0.5) is 4.79 Å². The van der Waals surface area contributed by atoms with Crippen molar-refractivity contribution in [1.29, 1.82) is 0 Å². The summed E-state index contributed by atoms with van der Waals surface area (Å²) in [5, 5.41) is 15.1. The summed E-state index contributed by atoms with van der Waals surface area (Å²) in [6, 6.07) is -0.228. The molecule has 0 heterocycles. The Morgan fingerprint density at radius 1 is 1.15 bits per heavy atom. The van der Waals surface area contributed by atoms with E-state index in [1.165, 1.54) is 6.42 Å². The van der Waals surface area contributed by atoms with Crippen molar-refractivity contribution in [3.63, 3.8) is 0 Å². The number of carboxylic acid groups (broad SMARTS) is 1. The van der Waals surface area contributed by atoms with Crippen molar-refractivity contribution in [2.45, 2.75) is 51.9 Å². The van der Waals surface area contributed by atoms with Gasteiger partial charge in [0.2, 0.25) is 0 Å². The van der Waals surface area contributed by atoms with Crippen LogP contribution in [0.1, 0.15) is 51.9 Å². The number of hydrogen-bond donors (Lipinski definition) is 3. The van der Waals surface area contributed by atoms with Crippen molar-refractivity contribution in [2.75, 3.05) is 13.1 Å². The van der Waals surface area contributed by atoms with Gasteiger partial charge in [-0.1, -0.05) is 32.6 Å². The van der Waals surface area contributed by atoms with Gasteiger partial charge in [0.1, 0.15) is 0 Å². The molecular weight excluding hydrogens is 256 g/mol. The van der Waals surface area contributed by atoms with Gasteiger partial charge in [0, 0.05) is 13.1 Å². The van der Waals surface area contributed by atoms with E-state index < -0.39 is 11.4 Å². The Bertz CT molecular complexity index is 362. The average molecular weight is 282 g/mol. The largest absolute Gasteiger partial charge is 0.481 e. The molecule has 2 aliphatic rings. The predicted molar refractivity (Wildman–Crippen MR) is 76.4 cm³/mol. The summed E-state index contributed by atoms with van der Waals surface area (Å²) >= 11 is 0. The van der Waals surface area contributed by atoms with Crippen LogP contribution >= 0.6 is 0 Å². The third-order valence-electron chi connectivity index (χ3n) is 4.90. The van der Waals surface area contributed by atoms with Crippen LogP contribution in [0.3, 0.4) is 0 Å². The molecule has 0 aromatic heterocycles. The zero-order valence-electron chi connectivity index (χ0n) is 12.3. The molecule has 2 atom stereocenters. The second-order valence-corrected chi connectivity index (χ2v) is 6.54. The van der Waals surface area contributed by atoms with Gasteiger partial charge < -0.3 is 15.7 Å². The molecule has 0 aromatic carbocycles. The molecule has 20 heavy (non-hydrogen) atoms. The molecule has 0 saturated heterocycles. The Balaban J connectivity index is 1.78. The quantitative estimate of drug-likeness (QED) is 0.677. The van der Waals surface area contributed by atoms with Crippen LogP contribution in [0.2, 0.25) is 0 Å². The summed E-state index contributed by atoms with van der Waals surface area (Å²) in [7, 11) is 0. The molecule has 0 radical (unpaired) electrons. The van der Waals surface area contributed by atoms with Gasteiger partial charge in [-0.2, -0.15) is 0 Å². The van der Waals surface area contributed by atoms with Crippen LogP contribution in [-0.4, -0.2) is 30.2 Å². The Morgan fingerprint density at radius 2 is 1.75 bits per heavy atom. The van der Waals surface area contributed by atoms with Gasteiger partial charge in [-0.05, 0) is 31.1 Å². The Morgan fingerprint density at radius 3 is 2.25 bits per heavy atom. The fourth-order valence-electron chi connectivity index (χ4n) is 3.09. The number of aliphatic carboxylic acids is 1. The highest BCUT2D eigenvalue weighted by atomic mass is 16.4. The summed E-state index contributed by atoms with van der Waals surface area (Å²) in [5.41, 5.74) is -0.763. The number of amides is 2. The lowest BCUT2D eigenvalue weighted by molar-refractivity contribution is -0.149. The minimum Gasteiger partial charge on any atom is -0.481 e. The highest BCUT2D eigenvalue weighted by Gasteiger charge is 2.39. The number of urea groups is 1. The second kappa shape index (κ2) is 6.46. The summed E-state index contributed by atoms with van der Waals surface area (Å²) in [6.07, 6.45) is 6.59. The first-order chi connectivity index (χ1) is 9.53. The maximum Gasteiger partial charge on any atom is 0.314 e. The van der Waals surface area contributed by atoms with E-state index in [0.717, 1.165) is 25.7 Å². The van der Waals surface area contributed by atoms with Gasteiger partial charge in [-0.25, -0.2) is 4.79 Å². The van der Waals surface area contributed by atoms with Gasteiger partial charge in [0.15, 0.2) is 0 Å². The van der Waals surface area contributed by atoms with Crippen LogP contribution in [-0.2, 0) is 4.79 Å². The standard InChI is InChI=1S/C15H26N2O3/c1-11-8-12(11)9-16-14(20)17-10-15(13(18)19)6-4-2-3-5-7-15/h11-12H,2-10H2,1H3,(H,18,19)(H2,16,17,20). The van der Waals surface area contributed by atoms with E-state index in [-0.39, 0.29) is 12.6 Å². The maximum absolute atomic E-state index is 11.8. The van der Waals surface area contributed by atoms with Crippen molar-refractivity contribution < 1.29 is 14.7 Å². The third-order valence-corrected chi connectivity index (χ3v) is 4.90. The molecule has 2 amide bonds. The van der Waals surface area contributed by atoms with E-state index in [9.17, 15) is 14.7 Å². The molecule has 2 saturated carbocycles. The van der Waals surface area contributed by atoms with Crippen molar-refractivity contribution in [3.8, 4) is 0 Å². The number of carbonyl (C=O) groups is 2. The molecular formula is C15H26N2O3. The van der Waals surface area contributed by atoms with Crippen molar-refractivity contribution in [3.05, 3.63) is 0 Å². The van der Waals surface area contributed by atoms with E-state index in [2.05, 4.69) is 17.6 Å². The van der Waals surface area contributed by atoms with Gasteiger partial charge in [-0.3, -0.25) is 4.79 Å². The highest BCUT2D eigenvalue weighted by Crippen LogP contribution is 2.37. The lowest BCUT2D eigenvalue weighted by Gasteiger charge is -2.28. The second-order valence-electron chi connectivity index (χ2n) is 6.54. The molecule has 0 aromatic rings. The van der Waals surface area contributed by atoms with E-state index in [1.807, 2.05) is 0 Å². The molecule has 2 fully saturated rings. The lowest BCUT2D eigenvalue weighted by atomic mass is 9.80. The fourth-order valence-corrected chi connectivity index (χ4v) is 3.09. The minimum absolute atomic E-state index is 0.228. The Hall–Kier alpha value is -1.26. The molecule has 0 bridgehead atoms. The van der Waals surface area contributed by atoms with E-state index in [1.54, 1.807) is 0 Å². The molecule has 2 aliphatic carbocycles. The lowest BCUT2D eigenvalue weighted by Crippen LogP contribution is -2.46. The number of rotatable bonds is 5. The average Bonchev–Trinajstić information content (AvgIpc) is 3.16. The molecule has 0 aliphatic heterocycles. The zero-order chi connectivity index (χ0) is 14.6. The maximum atomic E-state index is 11.8. The molecule has 2 rings (SSSR count). The monoisotopic (exact) mass is 282 g/mol. The molecule has 5 heteroatoms. The molecule has 114 valence electrons. The number of nitrogens with one attached hydrogen (secondary N) is 2. The predicted octanol–water partition coefficient (Wildman–Crippen LogP) is 2.37. The highest BCUT2D eigenvalue weighted by molar-refractivity contribution is 5.78. The fraction of sp³-hybridized carbons (Fsp3) is 0.867. The summed E-state index contributed by atoms with van der Waals surface area (Å²) in [4.78, 5) is 23.3. The van der Waals surface area contributed by atoms with E-state index >= 15 is 0 Å². The smallest absolute Gasteiger partial charge is 0.314 e. The minimum atomic E-state index is -0.768. The van der Waals surface area contributed by atoms with Gasteiger partial charge in [-0.15, -0.1) is 0 Å². The zero-order valence-corrected chi connectivity index (χ0v) is 12.3. The number of hydrogen-bond acceptors (Lipinski definition) is 2. The van der Waals surface area contributed by atoms with Crippen LogP contribution in [0.25, 0.3) is 0 Å². The molecule has 3 N–H and O–H groups in total. The SMILES string of the molecule is CC1CC1CNC(=O)NCC1(C(=O)O)CCCCCC1. The first-order valence-corrected chi connectivity index (χ1v) is 7.79. The first-order valence-electron chi connectivity index (χ1n) is 7.79. The normalized spacial score (nSPS) is 28.2. The third kappa shape index (κ3) is 3.87. The molecule has 2 unspecified atom stereocenters. The van der Waals surface area contributed by atoms with Gasteiger partial charge >= 0.3 is 12.0 Å². The topological polar surface area (TPSA) is 78.4 Å². The number of carbonyl (C=O) groups excluding carboxylic acids is 1. The van der Waals surface area contributed by atoms with Crippen LogP contribution in [0, 0.1) is 17.3 Å². The molecule has 0 spiro atoms. The van der Waals surface area contributed by atoms with Crippen LogP contribution in [0.15, 0.2) is 0 Å². The van der Waals surface area contributed by atoms with E-state index in [0.29, 0.717) is 31.2 Å². The van der Waals surface area contributed by atoms with E-state index in [4.69, 9.17) is 0 Å². The summed E-state index contributed by atoms with van der Waals surface area (Å²) < 4.78 is 0. The van der Waals surface area contributed by atoms with Crippen molar-refractivity contribution >= 4 is 12.0 Å². The van der Waals surface area contributed by atoms with Crippen LogP contribution in [0.5, 0.6) is 0 Å². The number of carboxylic acids is 1. The van der Waals surface area contributed by atoms with Gasteiger partial charge in [0.25, 0.3) is 0 Å².